The summed E-state index contributed by atoms with van der Waals surface area (Å²) < 4.78 is 30.2. The molecule has 236 valence electrons. The van der Waals surface area contributed by atoms with Gasteiger partial charge in [-0.3, -0.25) is 13.9 Å². The molecule has 2 atom stereocenters. The number of amides is 2. The minimum absolute atomic E-state index is 0.0752. The van der Waals surface area contributed by atoms with E-state index in [1.807, 2.05) is 87.5 Å². The lowest BCUT2D eigenvalue weighted by Gasteiger charge is -2.34. The largest absolute Gasteiger partial charge is 0.352 e. The Hall–Kier alpha value is -3.95. The Bertz CT molecular complexity index is 1670. The molecule has 0 unspecified atom stereocenters. The van der Waals surface area contributed by atoms with Crippen molar-refractivity contribution >= 4 is 43.5 Å². The molecule has 0 radical (unpaired) electrons. The zero-order valence-corrected chi connectivity index (χ0v) is 28.3. The fraction of sp³-hybridized carbons (Fsp3) is 0.278. The zero-order chi connectivity index (χ0) is 32.4. The molecule has 0 aromatic heterocycles. The second-order valence-corrected chi connectivity index (χ2v) is 13.8. The molecule has 0 aliphatic heterocycles. The summed E-state index contributed by atoms with van der Waals surface area (Å²) in [5.74, 6) is -0.782. The quantitative estimate of drug-likeness (QED) is 0.159. The number of nitrogens with one attached hydrogen (secondary N) is 1. The van der Waals surface area contributed by atoms with E-state index in [2.05, 4.69) is 21.2 Å². The molecule has 0 saturated carbocycles. The van der Waals surface area contributed by atoms with Crippen LogP contribution >= 0.6 is 15.9 Å². The van der Waals surface area contributed by atoms with Gasteiger partial charge >= 0.3 is 0 Å². The number of aryl methyl sites for hydroxylation is 1. The summed E-state index contributed by atoms with van der Waals surface area (Å²) in [5, 5.41) is 3.06. The number of rotatable bonds is 14. The highest BCUT2D eigenvalue weighted by atomic mass is 79.9. The van der Waals surface area contributed by atoms with Crippen molar-refractivity contribution in [2.75, 3.05) is 10.8 Å². The van der Waals surface area contributed by atoms with Gasteiger partial charge in [-0.15, -0.1) is 0 Å². The maximum Gasteiger partial charge on any atom is 0.264 e. The normalized spacial score (nSPS) is 12.6. The van der Waals surface area contributed by atoms with Crippen molar-refractivity contribution < 1.29 is 18.0 Å². The van der Waals surface area contributed by atoms with Gasteiger partial charge < -0.3 is 10.2 Å². The third kappa shape index (κ3) is 9.05. The summed E-state index contributed by atoms with van der Waals surface area (Å²) in [6.45, 7) is 5.55. The number of nitrogens with zero attached hydrogens (tertiary/aromatic N) is 2. The number of benzene rings is 4. The van der Waals surface area contributed by atoms with Crippen LogP contribution in [0.4, 0.5) is 5.69 Å². The number of anilines is 1. The zero-order valence-electron chi connectivity index (χ0n) is 25.9. The van der Waals surface area contributed by atoms with E-state index in [9.17, 15) is 18.0 Å². The van der Waals surface area contributed by atoms with Crippen molar-refractivity contribution in [1.29, 1.82) is 0 Å². The van der Waals surface area contributed by atoms with Crippen LogP contribution in [0.15, 0.2) is 119 Å². The van der Waals surface area contributed by atoms with Crippen molar-refractivity contribution in [1.82, 2.24) is 10.2 Å². The van der Waals surface area contributed by atoms with Crippen molar-refractivity contribution in [2.24, 2.45) is 0 Å². The van der Waals surface area contributed by atoms with Gasteiger partial charge in [0.2, 0.25) is 11.8 Å². The van der Waals surface area contributed by atoms with Gasteiger partial charge in [-0.2, -0.15) is 0 Å². The van der Waals surface area contributed by atoms with E-state index < -0.39 is 28.5 Å². The van der Waals surface area contributed by atoms with Gasteiger partial charge in [0.1, 0.15) is 12.6 Å². The van der Waals surface area contributed by atoms with Gasteiger partial charge in [0, 0.05) is 23.5 Å². The Morgan fingerprint density at radius 3 is 2.02 bits per heavy atom. The lowest BCUT2D eigenvalue weighted by molar-refractivity contribution is -0.140. The fourth-order valence-corrected chi connectivity index (χ4v) is 6.86. The van der Waals surface area contributed by atoms with E-state index >= 15 is 0 Å². The van der Waals surface area contributed by atoms with Crippen molar-refractivity contribution in [3.63, 3.8) is 0 Å². The highest BCUT2D eigenvalue weighted by Gasteiger charge is 2.35. The van der Waals surface area contributed by atoms with Crippen LogP contribution in [0.2, 0.25) is 0 Å². The van der Waals surface area contributed by atoms with Crippen LogP contribution < -0.4 is 9.62 Å². The van der Waals surface area contributed by atoms with Gasteiger partial charge in [-0.25, -0.2) is 8.42 Å². The molecule has 2 amide bonds. The summed E-state index contributed by atoms with van der Waals surface area (Å²) in [4.78, 5) is 30.0. The lowest BCUT2D eigenvalue weighted by Crippen LogP contribution is -2.54. The summed E-state index contributed by atoms with van der Waals surface area (Å²) in [7, 11) is -4.13. The number of hydrogen-bond acceptors (Lipinski definition) is 4. The predicted molar refractivity (Wildman–Crippen MR) is 183 cm³/mol. The van der Waals surface area contributed by atoms with Gasteiger partial charge in [0.25, 0.3) is 10.0 Å². The number of halogens is 1. The molecule has 0 bridgehead atoms. The Balaban J connectivity index is 1.80. The fourth-order valence-electron chi connectivity index (χ4n) is 4.97. The van der Waals surface area contributed by atoms with Crippen LogP contribution in [-0.4, -0.2) is 43.8 Å². The van der Waals surface area contributed by atoms with E-state index in [-0.39, 0.29) is 29.8 Å². The summed E-state index contributed by atoms with van der Waals surface area (Å²) in [6, 6.07) is 31.4. The van der Waals surface area contributed by atoms with Crippen molar-refractivity contribution in [2.45, 2.75) is 63.6 Å². The van der Waals surface area contributed by atoms with E-state index in [0.29, 0.717) is 5.69 Å². The minimum atomic E-state index is -4.13. The molecular formula is C36H40BrN3O4S. The average Bonchev–Trinajstić information content (AvgIpc) is 3.06. The number of carbonyl (C=O) groups is 2. The minimum Gasteiger partial charge on any atom is -0.352 e. The Labute approximate surface area is 275 Å². The third-order valence-electron chi connectivity index (χ3n) is 7.76. The lowest BCUT2D eigenvalue weighted by atomic mass is 10.0. The molecule has 0 aliphatic carbocycles. The molecule has 0 saturated heterocycles. The molecule has 0 heterocycles. The van der Waals surface area contributed by atoms with Gasteiger partial charge in [0.15, 0.2) is 0 Å². The molecule has 0 spiro atoms. The van der Waals surface area contributed by atoms with Gasteiger partial charge in [-0.05, 0) is 72.9 Å². The Morgan fingerprint density at radius 1 is 0.800 bits per heavy atom. The SMILES string of the molecule is CCc1ccc(N(CC(=O)N(Cc2cccc(Br)c2)[C@@H](Cc2ccccc2)C(=O)N[C@@H](C)CC)S(=O)(=O)c2ccccc2)cc1. The Kier molecular flexibility index (Phi) is 12.0. The van der Waals surface area contributed by atoms with Crippen LogP contribution in [-0.2, 0) is 39.0 Å². The molecular weight excluding hydrogens is 650 g/mol. The second-order valence-electron chi connectivity index (χ2n) is 11.0. The van der Waals surface area contributed by atoms with Crippen molar-refractivity contribution in [3.05, 3.63) is 130 Å². The first-order valence-electron chi connectivity index (χ1n) is 15.2. The van der Waals surface area contributed by atoms with Crippen molar-refractivity contribution in [3.8, 4) is 0 Å². The number of carbonyl (C=O) groups excluding carboxylic acids is 2. The van der Waals surface area contributed by atoms with Crippen LogP contribution in [0, 0.1) is 0 Å². The first-order chi connectivity index (χ1) is 21.6. The van der Waals surface area contributed by atoms with Crippen LogP contribution in [0.3, 0.4) is 0 Å². The summed E-state index contributed by atoms with van der Waals surface area (Å²) in [5.41, 5.74) is 3.10. The highest BCUT2D eigenvalue weighted by molar-refractivity contribution is 9.10. The summed E-state index contributed by atoms with van der Waals surface area (Å²) >= 11 is 3.52. The first kappa shape index (κ1) is 33.9. The smallest absolute Gasteiger partial charge is 0.264 e. The maximum absolute atomic E-state index is 14.5. The molecule has 9 heteroatoms. The Morgan fingerprint density at radius 2 is 1.42 bits per heavy atom. The van der Waals surface area contributed by atoms with E-state index in [1.165, 1.54) is 17.0 Å². The van der Waals surface area contributed by atoms with E-state index in [0.717, 1.165) is 38.3 Å². The number of hydrogen-bond donors (Lipinski definition) is 1. The molecule has 4 aromatic carbocycles. The molecule has 0 fully saturated rings. The van der Waals surface area contributed by atoms with Crippen LogP contribution in [0.1, 0.15) is 43.9 Å². The van der Waals surface area contributed by atoms with E-state index in [1.54, 1.807) is 30.3 Å². The molecule has 1 N–H and O–H groups in total. The molecule has 7 nitrogen and oxygen atoms in total. The molecule has 0 aliphatic rings. The second kappa shape index (κ2) is 15.9. The topological polar surface area (TPSA) is 86.8 Å². The first-order valence-corrected chi connectivity index (χ1v) is 17.4. The molecule has 45 heavy (non-hydrogen) atoms. The van der Waals surface area contributed by atoms with Crippen LogP contribution in [0.25, 0.3) is 0 Å². The van der Waals surface area contributed by atoms with Gasteiger partial charge in [0.05, 0.1) is 10.6 Å². The monoisotopic (exact) mass is 689 g/mol. The van der Waals surface area contributed by atoms with Gasteiger partial charge in [-0.1, -0.05) is 103 Å². The van der Waals surface area contributed by atoms with Crippen LogP contribution in [0.5, 0.6) is 0 Å². The molecule has 4 aromatic rings. The summed E-state index contributed by atoms with van der Waals surface area (Å²) in [6.07, 6.45) is 1.78. The number of sulfonamides is 1. The average molecular weight is 691 g/mol. The highest BCUT2D eigenvalue weighted by Crippen LogP contribution is 2.26. The van der Waals surface area contributed by atoms with E-state index in [4.69, 9.17) is 0 Å². The molecule has 4 rings (SSSR count). The maximum atomic E-state index is 14.5. The predicted octanol–water partition coefficient (Wildman–Crippen LogP) is 6.76. The standard InChI is InChI=1S/C36H40BrN3O4S/c1-4-27(3)38-36(42)34(24-29-13-8-6-9-14-29)39(25-30-15-12-16-31(37)23-30)35(41)26-40(32-21-19-28(5-2)20-22-32)45(43,44)33-17-10-7-11-18-33/h6-23,27,34H,4-5,24-26H2,1-3H3,(H,38,42)/t27-,34-/m0/s1. The third-order valence-corrected chi connectivity index (χ3v) is 10.0.